The maximum atomic E-state index is 13.4. The summed E-state index contributed by atoms with van der Waals surface area (Å²) >= 11 is 12.0. The van der Waals surface area contributed by atoms with Gasteiger partial charge in [0.1, 0.15) is 11.4 Å². The number of carbonyl (C=O) groups excluding carboxylic acids is 1. The Bertz CT molecular complexity index is 680. The van der Waals surface area contributed by atoms with Crippen LogP contribution in [0.3, 0.4) is 0 Å². The molecule has 0 aliphatic heterocycles. The van der Waals surface area contributed by atoms with Gasteiger partial charge >= 0.3 is 0 Å². The van der Waals surface area contributed by atoms with E-state index < -0.39 is 11.7 Å². The van der Waals surface area contributed by atoms with Crippen molar-refractivity contribution in [1.29, 1.82) is 0 Å². The minimum absolute atomic E-state index is 0.0719. The quantitative estimate of drug-likeness (QED) is 0.934. The molecule has 0 aliphatic carbocycles. The van der Waals surface area contributed by atoms with Crippen molar-refractivity contribution in [2.24, 2.45) is 0 Å². The number of amides is 1. The van der Waals surface area contributed by atoms with Crippen LogP contribution in [0, 0.1) is 5.82 Å². The van der Waals surface area contributed by atoms with Crippen molar-refractivity contribution in [1.82, 2.24) is 10.3 Å². The average molecular weight is 329 g/mol. The lowest BCUT2D eigenvalue weighted by Crippen LogP contribution is -2.24. The summed E-state index contributed by atoms with van der Waals surface area (Å²) in [5, 5.41) is 2.98. The first-order valence-electron chi connectivity index (χ1n) is 5.94. The van der Waals surface area contributed by atoms with Gasteiger partial charge in [-0.1, -0.05) is 23.2 Å². The zero-order valence-electron chi connectivity index (χ0n) is 11.0. The van der Waals surface area contributed by atoms with Crippen LogP contribution in [0.25, 0.3) is 0 Å². The second-order valence-corrected chi connectivity index (χ2v) is 4.87. The highest BCUT2D eigenvalue weighted by Gasteiger charge is 2.19. The van der Waals surface area contributed by atoms with Crippen LogP contribution in [0.1, 0.15) is 16.1 Å². The molecule has 0 spiro atoms. The van der Waals surface area contributed by atoms with Crippen molar-refractivity contribution in [3.05, 3.63) is 57.6 Å². The Balaban J connectivity index is 2.22. The first-order valence-corrected chi connectivity index (χ1v) is 6.69. The summed E-state index contributed by atoms with van der Waals surface area (Å²) in [5.41, 5.74) is 0.228. The van der Waals surface area contributed by atoms with Gasteiger partial charge in [0.2, 0.25) is 0 Å². The average Bonchev–Trinajstić information content (AvgIpc) is 2.48. The first kappa shape index (κ1) is 15.5. The monoisotopic (exact) mass is 328 g/mol. The molecule has 2 aromatic rings. The maximum absolute atomic E-state index is 13.4. The van der Waals surface area contributed by atoms with Crippen LogP contribution < -0.4 is 10.1 Å². The molecule has 2 rings (SSSR count). The van der Waals surface area contributed by atoms with Gasteiger partial charge in [0.25, 0.3) is 5.91 Å². The molecule has 0 saturated carbocycles. The van der Waals surface area contributed by atoms with Crippen molar-refractivity contribution in [2.75, 3.05) is 7.11 Å². The predicted molar refractivity (Wildman–Crippen MR) is 78.4 cm³/mol. The van der Waals surface area contributed by atoms with E-state index in [9.17, 15) is 9.18 Å². The summed E-state index contributed by atoms with van der Waals surface area (Å²) in [5.74, 6) is -0.852. The fourth-order valence-corrected chi connectivity index (χ4v) is 2.21. The molecule has 1 N–H and O–H groups in total. The lowest BCUT2D eigenvalue weighted by molar-refractivity contribution is 0.0947. The van der Waals surface area contributed by atoms with E-state index in [0.717, 1.165) is 0 Å². The lowest BCUT2D eigenvalue weighted by Gasteiger charge is -2.12. The van der Waals surface area contributed by atoms with E-state index in [4.69, 9.17) is 27.9 Å². The van der Waals surface area contributed by atoms with Crippen molar-refractivity contribution >= 4 is 29.1 Å². The van der Waals surface area contributed by atoms with Gasteiger partial charge in [0, 0.05) is 6.20 Å². The fraction of sp³-hybridized carbons (Fsp3) is 0.143. The van der Waals surface area contributed by atoms with Crippen LogP contribution in [0.5, 0.6) is 5.75 Å². The van der Waals surface area contributed by atoms with Crippen LogP contribution in [0.15, 0.2) is 30.5 Å². The van der Waals surface area contributed by atoms with E-state index in [1.807, 2.05) is 0 Å². The molecular formula is C14H11Cl2FN2O2. The zero-order chi connectivity index (χ0) is 15.4. The van der Waals surface area contributed by atoms with Gasteiger partial charge < -0.3 is 10.1 Å². The molecule has 0 saturated heterocycles. The smallest absolute Gasteiger partial charge is 0.256 e. The molecule has 1 heterocycles. The molecule has 4 nitrogen and oxygen atoms in total. The maximum Gasteiger partial charge on any atom is 0.256 e. The summed E-state index contributed by atoms with van der Waals surface area (Å²) in [6, 6.07) is 5.75. The summed E-state index contributed by atoms with van der Waals surface area (Å²) in [6.07, 6.45) is 1.44. The minimum atomic E-state index is -0.524. The molecule has 110 valence electrons. The first-order chi connectivity index (χ1) is 10.0. The summed E-state index contributed by atoms with van der Waals surface area (Å²) in [7, 11) is 1.38. The SMILES string of the molecule is COc1c(Cl)ccc(Cl)c1C(=O)NCc1ncccc1F. The molecule has 7 heteroatoms. The molecular weight excluding hydrogens is 318 g/mol. The molecule has 0 bridgehead atoms. The summed E-state index contributed by atoms with van der Waals surface area (Å²) in [4.78, 5) is 16.0. The Morgan fingerprint density at radius 2 is 2.05 bits per heavy atom. The van der Waals surface area contributed by atoms with E-state index >= 15 is 0 Å². The van der Waals surface area contributed by atoms with Crippen LogP contribution in [-0.2, 0) is 6.54 Å². The number of methoxy groups -OCH3 is 1. The number of aromatic nitrogens is 1. The van der Waals surface area contributed by atoms with E-state index in [-0.39, 0.29) is 33.6 Å². The molecule has 0 radical (unpaired) electrons. The van der Waals surface area contributed by atoms with Gasteiger partial charge in [-0.2, -0.15) is 0 Å². The Kier molecular flexibility index (Phi) is 4.98. The number of nitrogens with one attached hydrogen (secondary N) is 1. The zero-order valence-corrected chi connectivity index (χ0v) is 12.5. The van der Waals surface area contributed by atoms with Crippen LogP contribution in [0.2, 0.25) is 10.0 Å². The van der Waals surface area contributed by atoms with Gasteiger partial charge in [-0.25, -0.2) is 4.39 Å². The van der Waals surface area contributed by atoms with E-state index in [2.05, 4.69) is 10.3 Å². The van der Waals surface area contributed by atoms with Crippen molar-refractivity contribution in [3.8, 4) is 5.75 Å². The highest BCUT2D eigenvalue weighted by atomic mass is 35.5. The Morgan fingerprint density at radius 3 is 2.71 bits per heavy atom. The Hall–Kier alpha value is -1.85. The van der Waals surface area contributed by atoms with Gasteiger partial charge in [-0.3, -0.25) is 9.78 Å². The van der Waals surface area contributed by atoms with Crippen LogP contribution >= 0.6 is 23.2 Å². The number of hydrogen-bond donors (Lipinski definition) is 1. The van der Waals surface area contributed by atoms with Crippen molar-refractivity contribution < 1.29 is 13.9 Å². The number of benzene rings is 1. The standard InChI is InChI=1S/C14H11Cl2FN2O2/c1-21-13-9(16)5-4-8(15)12(13)14(20)19-7-11-10(17)3-2-6-18-11/h2-6H,7H2,1H3,(H,19,20). The van der Waals surface area contributed by atoms with Gasteiger partial charge in [0.05, 0.1) is 29.4 Å². The number of halogens is 3. The Morgan fingerprint density at radius 1 is 1.33 bits per heavy atom. The molecule has 0 atom stereocenters. The second-order valence-electron chi connectivity index (χ2n) is 4.05. The largest absolute Gasteiger partial charge is 0.494 e. The summed E-state index contributed by atoms with van der Waals surface area (Å²) < 4.78 is 18.5. The van der Waals surface area contributed by atoms with Crippen molar-refractivity contribution in [2.45, 2.75) is 6.54 Å². The second kappa shape index (κ2) is 6.74. The minimum Gasteiger partial charge on any atom is -0.494 e. The topological polar surface area (TPSA) is 51.2 Å². The molecule has 21 heavy (non-hydrogen) atoms. The number of ether oxygens (including phenoxy) is 1. The number of nitrogens with zero attached hydrogens (tertiary/aromatic N) is 1. The third kappa shape index (κ3) is 3.43. The predicted octanol–water partition coefficient (Wildman–Crippen LogP) is 3.47. The van der Waals surface area contributed by atoms with Crippen LogP contribution in [0.4, 0.5) is 4.39 Å². The molecule has 0 fully saturated rings. The highest BCUT2D eigenvalue weighted by Crippen LogP contribution is 2.33. The van der Waals surface area contributed by atoms with E-state index in [1.165, 1.54) is 37.6 Å². The molecule has 1 aromatic heterocycles. The molecule has 0 aliphatic rings. The normalized spacial score (nSPS) is 10.3. The molecule has 1 aromatic carbocycles. The lowest BCUT2D eigenvalue weighted by atomic mass is 10.2. The Labute approximate surface area is 130 Å². The number of carbonyl (C=O) groups is 1. The van der Waals surface area contributed by atoms with Gasteiger partial charge in [0.15, 0.2) is 5.75 Å². The summed E-state index contributed by atoms with van der Waals surface area (Å²) in [6.45, 7) is -0.0719. The van der Waals surface area contributed by atoms with Crippen LogP contribution in [-0.4, -0.2) is 18.0 Å². The fourth-order valence-electron chi connectivity index (χ4n) is 1.75. The van der Waals surface area contributed by atoms with Gasteiger partial charge in [-0.15, -0.1) is 0 Å². The van der Waals surface area contributed by atoms with Gasteiger partial charge in [-0.05, 0) is 24.3 Å². The number of hydrogen-bond acceptors (Lipinski definition) is 3. The molecule has 1 amide bonds. The van der Waals surface area contributed by atoms with E-state index in [0.29, 0.717) is 0 Å². The van der Waals surface area contributed by atoms with Crippen molar-refractivity contribution in [3.63, 3.8) is 0 Å². The highest BCUT2D eigenvalue weighted by molar-refractivity contribution is 6.37. The van der Waals surface area contributed by atoms with E-state index in [1.54, 1.807) is 0 Å². The third-order valence-corrected chi connectivity index (χ3v) is 3.35. The third-order valence-electron chi connectivity index (χ3n) is 2.74. The number of rotatable bonds is 4. The number of pyridine rings is 1. The molecule has 0 unspecified atom stereocenters.